The lowest BCUT2D eigenvalue weighted by Gasteiger charge is -2.37. The standard InChI is InChI=1S/C24H24N2O2.C24H23NO3/c1-18(23(25)28)17-22(27)26-24(19-11-5-2-6-12-19,20-13-7-3-8-14-20)21-15-9-4-10-16-21;1-18(23(27)28)17-22(26)25-24(19-11-5-2-6-12-19,20-13-7-3-8-14-20)21-15-9-4-10-16-21/h2-16,18H,17H2,1H3,(H2,25,28)(H,26,27);2-16,18H,17H2,1H3,(H,25,26)(H,27,28)/t2*18-/m00/s1. The van der Waals surface area contributed by atoms with Gasteiger partial charge in [-0.2, -0.15) is 0 Å². The molecule has 2 atom stereocenters. The number of carbonyl (C=O) groups excluding carboxylic acids is 3. The molecule has 0 spiro atoms. The Balaban J connectivity index is 0.000000214. The lowest BCUT2D eigenvalue weighted by atomic mass is 9.76. The minimum absolute atomic E-state index is 0.0313. The van der Waals surface area contributed by atoms with Gasteiger partial charge in [-0.15, -0.1) is 0 Å². The highest BCUT2D eigenvalue weighted by molar-refractivity contribution is 5.86. The Hall–Kier alpha value is -6.80. The normalized spacial score (nSPS) is 12.2. The van der Waals surface area contributed by atoms with E-state index in [1.165, 1.54) is 6.92 Å². The van der Waals surface area contributed by atoms with Gasteiger partial charge in [0, 0.05) is 18.8 Å². The topological polar surface area (TPSA) is 139 Å². The van der Waals surface area contributed by atoms with Gasteiger partial charge in [0.1, 0.15) is 11.1 Å². The maximum atomic E-state index is 13.0. The number of carbonyl (C=O) groups is 4. The van der Waals surface area contributed by atoms with E-state index < -0.39 is 34.8 Å². The van der Waals surface area contributed by atoms with Crippen molar-refractivity contribution in [2.75, 3.05) is 0 Å². The van der Waals surface area contributed by atoms with Crippen LogP contribution in [0.1, 0.15) is 60.1 Å². The van der Waals surface area contributed by atoms with E-state index in [2.05, 4.69) is 10.6 Å². The molecular weight excluding hydrogens is 699 g/mol. The van der Waals surface area contributed by atoms with Gasteiger partial charge < -0.3 is 21.5 Å². The average molecular weight is 746 g/mol. The molecule has 0 saturated heterocycles. The second-order valence-corrected chi connectivity index (χ2v) is 13.7. The smallest absolute Gasteiger partial charge is 0.306 e. The predicted octanol–water partition coefficient (Wildman–Crippen LogP) is 7.81. The van der Waals surface area contributed by atoms with E-state index in [4.69, 9.17) is 5.73 Å². The van der Waals surface area contributed by atoms with Crippen LogP contribution in [0.5, 0.6) is 0 Å². The van der Waals surface area contributed by atoms with Crippen molar-refractivity contribution in [1.82, 2.24) is 10.6 Å². The fraction of sp³-hybridized carbons (Fsp3) is 0.167. The molecule has 8 heteroatoms. The van der Waals surface area contributed by atoms with Crippen LogP contribution >= 0.6 is 0 Å². The van der Waals surface area contributed by atoms with Crippen LogP contribution < -0.4 is 16.4 Å². The summed E-state index contributed by atoms with van der Waals surface area (Å²) in [4.78, 5) is 48.6. The van der Waals surface area contributed by atoms with E-state index in [0.29, 0.717) is 0 Å². The van der Waals surface area contributed by atoms with Gasteiger partial charge in [0.2, 0.25) is 17.7 Å². The van der Waals surface area contributed by atoms with E-state index in [1.807, 2.05) is 182 Å². The van der Waals surface area contributed by atoms with Crippen LogP contribution in [-0.2, 0) is 30.3 Å². The second kappa shape index (κ2) is 19.0. The molecule has 0 aromatic heterocycles. The van der Waals surface area contributed by atoms with Crippen molar-refractivity contribution in [1.29, 1.82) is 0 Å². The number of aliphatic carboxylic acids is 1. The number of hydrogen-bond acceptors (Lipinski definition) is 4. The molecule has 0 aliphatic rings. The van der Waals surface area contributed by atoms with Gasteiger partial charge in [-0.25, -0.2) is 0 Å². The van der Waals surface area contributed by atoms with Crippen LogP contribution in [-0.4, -0.2) is 28.8 Å². The molecule has 6 aromatic rings. The maximum absolute atomic E-state index is 13.0. The van der Waals surface area contributed by atoms with Crippen LogP contribution in [0, 0.1) is 11.8 Å². The lowest BCUT2D eigenvalue weighted by Crippen LogP contribution is -2.48. The molecule has 0 fully saturated rings. The lowest BCUT2D eigenvalue weighted by molar-refractivity contribution is -0.143. The SMILES string of the molecule is C[C@@H](CC(=O)NC(c1ccccc1)(c1ccccc1)c1ccccc1)C(=O)O.C[C@@H](CC(=O)NC(c1ccccc1)(c1ccccc1)c1ccccc1)C(N)=O. The summed E-state index contributed by atoms with van der Waals surface area (Å²) in [6.45, 7) is 3.20. The third kappa shape index (κ3) is 9.46. The van der Waals surface area contributed by atoms with Crippen molar-refractivity contribution < 1.29 is 24.3 Å². The third-order valence-electron chi connectivity index (χ3n) is 9.79. The highest BCUT2D eigenvalue weighted by Gasteiger charge is 2.39. The fourth-order valence-corrected chi connectivity index (χ4v) is 6.83. The Labute approximate surface area is 328 Å². The third-order valence-corrected chi connectivity index (χ3v) is 9.79. The second-order valence-electron chi connectivity index (χ2n) is 13.7. The van der Waals surface area contributed by atoms with Gasteiger partial charge in [0.05, 0.1) is 5.92 Å². The zero-order chi connectivity index (χ0) is 40.0. The van der Waals surface area contributed by atoms with Crippen LogP contribution in [0.3, 0.4) is 0 Å². The summed E-state index contributed by atoms with van der Waals surface area (Å²) < 4.78 is 0. The van der Waals surface area contributed by atoms with Gasteiger partial charge in [0.25, 0.3) is 0 Å². The monoisotopic (exact) mass is 745 g/mol. The zero-order valence-corrected chi connectivity index (χ0v) is 31.5. The van der Waals surface area contributed by atoms with Crippen LogP contribution in [0.15, 0.2) is 182 Å². The van der Waals surface area contributed by atoms with E-state index >= 15 is 0 Å². The summed E-state index contributed by atoms with van der Waals surface area (Å²) in [5.74, 6) is -3.32. The van der Waals surface area contributed by atoms with Crippen molar-refractivity contribution in [3.05, 3.63) is 215 Å². The van der Waals surface area contributed by atoms with E-state index in [1.54, 1.807) is 6.92 Å². The number of nitrogens with two attached hydrogens (primary N) is 1. The number of carboxylic acids is 1. The van der Waals surface area contributed by atoms with Crippen LogP contribution in [0.2, 0.25) is 0 Å². The van der Waals surface area contributed by atoms with Gasteiger partial charge in [-0.05, 0) is 33.4 Å². The van der Waals surface area contributed by atoms with Crippen molar-refractivity contribution in [3.63, 3.8) is 0 Å². The summed E-state index contributed by atoms with van der Waals surface area (Å²) >= 11 is 0. The zero-order valence-electron chi connectivity index (χ0n) is 31.5. The summed E-state index contributed by atoms with van der Waals surface area (Å²) in [7, 11) is 0. The molecular formula is C48H47N3O5. The van der Waals surface area contributed by atoms with E-state index in [9.17, 15) is 24.3 Å². The Morgan fingerprint density at radius 3 is 0.857 bits per heavy atom. The molecule has 284 valence electrons. The number of nitrogens with one attached hydrogen (secondary N) is 2. The molecule has 0 unspecified atom stereocenters. The summed E-state index contributed by atoms with van der Waals surface area (Å²) in [6.07, 6.45) is -0.0623. The quantitative estimate of drug-likeness (QED) is 0.0843. The highest BCUT2D eigenvalue weighted by Crippen LogP contribution is 2.38. The molecule has 0 heterocycles. The molecule has 5 N–H and O–H groups in total. The van der Waals surface area contributed by atoms with Gasteiger partial charge in [0.15, 0.2) is 0 Å². The van der Waals surface area contributed by atoms with Crippen molar-refractivity contribution in [3.8, 4) is 0 Å². The number of carboxylic acid groups (broad SMARTS) is 1. The molecule has 0 aliphatic heterocycles. The first-order chi connectivity index (χ1) is 27.1. The van der Waals surface area contributed by atoms with Crippen molar-refractivity contribution in [2.45, 2.75) is 37.8 Å². The van der Waals surface area contributed by atoms with E-state index in [0.717, 1.165) is 33.4 Å². The Morgan fingerprint density at radius 2 is 0.661 bits per heavy atom. The number of benzene rings is 6. The number of amides is 3. The molecule has 0 bridgehead atoms. The minimum atomic E-state index is -0.986. The van der Waals surface area contributed by atoms with Gasteiger partial charge in [-0.3, -0.25) is 19.2 Å². The average Bonchev–Trinajstić information content (AvgIpc) is 3.24. The Bertz CT molecular complexity index is 1810. The molecule has 6 aromatic carbocycles. The summed E-state index contributed by atoms with van der Waals surface area (Å²) in [5, 5.41) is 15.6. The van der Waals surface area contributed by atoms with Gasteiger partial charge >= 0.3 is 5.97 Å². The van der Waals surface area contributed by atoms with Crippen LogP contribution in [0.25, 0.3) is 0 Å². The largest absolute Gasteiger partial charge is 0.481 e. The molecule has 8 nitrogen and oxygen atoms in total. The minimum Gasteiger partial charge on any atom is -0.481 e. The molecule has 3 amide bonds. The number of rotatable bonds is 14. The fourth-order valence-electron chi connectivity index (χ4n) is 6.83. The first-order valence-electron chi connectivity index (χ1n) is 18.5. The Kier molecular flexibility index (Phi) is 13.7. The van der Waals surface area contributed by atoms with Crippen molar-refractivity contribution >= 4 is 23.7 Å². The van der Waals surface area contributed by atoms with Crippen LogP contribution in [0.4, 0.5) is 0 Å². The Morgan fingerprint density at radius 1 is 0.446 bits per heavy atom. The predicted molar refractivity (Wildman–Crippen MR) is 219 cm³/mol. The van der Waals surface area contributed by atoms with Crippen molar-refractivity contribution in [2.24, 2.45) is 17.6 Å². The van der Waals surface area contributed by atoms with E-state index in [-0.39, 0.29) is 24.7 Å². The van der Waals surface area contributed by atoms with Gasteiger partial charge in [-0.1, -0.05) is 196 Å². The summed E-state index contributed by atoms with van der Waals surface area (Å²) in [6, 6.07) is 58.8. The molecule has 0 radical (unpaired) electrons. The first-order valence-corrected chi connectivity index (χ1v) is 18.5. The number of primary amides is 1. The molecule has 56 heavy (non-hydrogen) atoms. The summed E-state index contributed by atoms with van der Waals surface area (Å²) in [5.41, 5.74) is 9.10. The molecule has 0 aliphatic carbocycles. The first kappa shape index (κ1) is 40.4. The maximum Gasteiger partial charge on any atom is 0.306 e. The highest BCUT2D eigenvalue weighted by atomic mass is 16.4. The molecule has 6 rings (SSSR count). The molecule has 0 saturated carbocycles. The number of hydrogen-bond donors (Lipinski definition) is 4.